The summed E-state index contributed by atoms with van der Waals surface area (Å²) >= 11 is 5.62. The first kappa shape index (κ1) is 8.02. The van der Waals surface area contributed by atoms with Gasteiger partial charge in [-0.1, -0.05) is 11.3 Å². The monoisotopic (exact) mass is 192 g/mol. The van der Waals surface area contributed by atoms with Crippen LogP contribution in [0.4, 0.5) is 5.69 Å². The zero-order valence-corrected chi connectivity index (χ0v) is 7.36. The average molecular weight is 193 g/mol. The number of hydrogen-bond acceptors (Lipinski definition) is 2. The first-order valence-corrected chi connectivity index (χ1v) is 4.15. The van der Waals surface area contributed by atoms with Gasteiger partial charge in [-0.15, -0.1) is 16.7 Å². The average Bonchev–Trinajstić information content (AvgIpc) is 2.59. The molecule has 0 unspecified atom stereocenters. The maximum atomic E-state index is 6.81. The summed E-state index contributed by atoms with van der Waals surface area (Å²) in [5.41, 5.74) is 2.12. The number of alkyl halides is 1. The third-order valence-electron chi connectivity index (χ3n) is 1.74. The van der Waals surface area contributed by atoms with Crippen molar-refractivity contribution in [1.82, 2.24) is 15.0 Å². The van der Waals surface area contributed by atoms with Crippen LogP contribution in [0.15, 0.2) is 18.2 Å². The SMILES string of the molecule is [C-]#[N+]c1ccc2c(c1)nnn2CCl. The van der Waals surface area contributed by atoms with Crippen molar-refractivity contribution in [3.63, 3.8) is 0 Å². The second kappa shape index (κ2) is 3.04. The number of rotatable bonds is 1. The summed E-state index contributed by atoms with van der Waals surface area (Å²) in [7, 11) is 0. The molecule has 13 heavy (non-hydrogen) atoms. The van der Waals surface area contributed by atoms with Crippen molar-refractivity contribution in [3.8, 4) is 0 Å². The highest BCUT2D eigenvalue weighted by atomic mass is 35.5. The van der Waals surface area contributed by atoms with Crippen molar-refractivity contribution in [1.29, 1.82) is 0 Å². The molecule has 0 saturated carbocycles. The molecule has 1 aromatic carbocycles. The molecule has 0 radical (unpaired) electrons. The number of nitrogens with zero attached hydrogens (tertiary/aromatic N) is 4. The van der Waals surface area contributed by atoms with E-state index in [1.54, 1.807) is 22.9 Å². The molecule has 1 heterocycles. The Morgan fingerprint density at radius 3 is 3.08 bits per heavy atom. The predicted octanol–water partition coefficient (Wildman–Crippen LogP) is 2.18. The Morgan fingerprint density at radius 2 is 2.38 bits per heavy atom. The zero-order chi connectivity index (χ0) is 9.26. The lowest BCUT2D eigenvalue weighted by atomic mass is 10.3. The molecule has 1 aromatic heterocycles. The zero-order valence-electron chi connectivity index (χ0n) is 6.61. The topological polar surface area (TPSA) is 35.1 Å². The maximum Gasteiger partial charge on any atom is 0.189 e. The maximum absolute atomic E-state index is 6.81. The number of fused-ring (bicyclic) bond motifs is 1. The van der Waals surface area contributed by atoms with Crippen molar-refractivity contribution in [3.05, 3.63) is 29.6 Å². The summed E-state index contributed by atoms with van der Waals surface area (Å²) in [5.74, 6) is 0. The Bertz CT molecular complexity index is 482. The molecule has 64 valence electrons. The second-order valence-electron chi connectivity index (χ2n) is 2.49. The van der Waals surface area contributed by atoms with E-state index in [0.29, 0.717) is 11.2 Å². The molecule has 0 atom stereocenters. The van der Waals surface area contributed by atoms with Crippen LogP contribution in [0.2, 0.25) is 0 Å². The van der Waals surface area contributed by atoms with Crippen molar-refractivity contribution in [2.45, 2.75) is 6.00 Å². The van der Waals surface area contributed by atoms with E-state index in [0.717, 1.165) is 5.52 Å². The molecule has 2 aromatic rings. The molecule has 0 aliphatic rings. The molecule has 0 aliphatic carbocycles. The van der Waals surface area contributed by atoms with Crippen LogP contribution < -0.4 is 0 Å². The molecule has 0 aliphatic heterocycles. The smallest absolute Gasteiger partial charge is 0.189 e. The van der Waals surface area contributed by atoms with E-state index < -0.39 is 0 Å². The van der Waals surface area contributed by atoms with Gasteiger partial charge in [-0.25, -0.2) is 9.53 Å². The minimum atomic E-state index is 0.272. The third kappa shape index (κ3) is 1.23. The van der Waals surface area contributed by atoms with Gasteiger partial charge in [-0.05, 0) is 12.1 Å². The van der Waals surface area contributed by atoms with Crippen LogP contribution in [0.3, 0.4) is 0 Å². The molecule has 2 rings (SSSR count). The molecule has 0 spiro atoms. The lowest BCUT2D eigenvalue weighted by Gasteiger charge is -1.93. The predicted molar refractivity (Wildman–Crippen MR) is 49.6 cm³/mol. The van der Waals surface area contributed by atoms with Crippen molar-refractivity contribution in [2.75, 3.05) is 0 Å². The highest BCUT2D eigenvalue weighted by molar-refractivity contribution is 6.15. The fourth-order valence-corrected chi connectivity index (χ4v) is 1.29. The van der Waals surface area contributed by atoms with Gasteiger partial charge >= 0.3 is 0 Å². The Morgan fingerprint density at radius 1 is 1.54 bits per heavy atom. The minimum absolute atomic E-state index is 0.272. The Labute approximate surface area is 79.5 Å². The number of aromatic nitrogens is 3. The minimum Gasteiger partial charge on any atom is -0.238 e. The van der Waals surface area contributed by atoms with Crippen molar-refractivity contribution < 1.29 is 0 Å². The van der Waals surface area contributed by atoms with Crippen molar-refractivity contribution in [2.24, 2.45) is 0 Å². The van der Waals surface area contributed by atoms with E-state index in [1.807, 2.05) is 0 Å². The summed E-state index contributed by atoms with van der Waals surface area (Å²) in [6, 6.07) is 5.49. The third-order valence-corrected chi connectivity index (χ3v) is 1.97. The highest BCUT2D eigenvalue weighted by Crippen LogP contribution is 2.19. The van der Waals surface area contributed by atoms with Crippen LogP contribution in [0, 0.1) is 6.57 Å². The molecule has 0 saturated heterocycles. The van der Waals surface area contributed by atoms with Crippen LogP contribution in [0.5, 0.6) is 0 Å². The van der Waals surface area contributed by atoms with Gasteiger partial charge in [0.05, 0.1) is 12.1 Å². The quantitative estimate of drug-likeness (QED) is 0.513. The summed E-state index contributed by atoms with van der Waals surface area (Å²) in [6.45, 7) is 6.81. The van der Waals surface area contributed by atoms with Gasteiger partial charge in [-0.3, -0.25) is 0 Å². The van der Waals surface area contributed by atoms with E-state index >= 15 is 0 Å². The van der Waals surface area contributed by atoms with Gasteiger partial charge in [0.1, 0.15) is 11.5 Å². The van der Waals surface area contributed by atoms with Crippen LogP contribution in [-0.4, -0.2) is 15.0 Å². The van der Waals surface area contributed by atoms with Gasteiger partial charge in [0.15, 0.2) is 5.69 Å². The van der Waals surface area contributed by atoms with Crippen LogP contribution >= 0.6 is 11.6 Å². The van der Waals surface area contributed by atoms with Gasteiger partial charge in [0.25, 0.3) is 0 Å². The fraction of sp³-hybridized carbons (Fsp3) is 0.125. The molecule has 5 heteroatoms. The normalized spacial score (nSPS) is 10.2. The second-order valence-corrected chi connectivity index (χ2v) is 2.73. The van der Waals surface area contributed by atoms with Crippen LogP contribution in [-0.2, 0) is 6.00 Å². The summed E-state index contributed by atoms with van der Waals surface area (Å²) < 4.78 is 1.57. The highest BCUT2D eigenvalue weighted by Gasteiger charge is 2.03. The van der Waals surface area contributed by atoms with Gasteiger partial charge in [0.2, 0.25) is 0 Å². The largest absolute Gasteiger partial charge is 0.238 e. The van der Waals surface area contributed by atoms with E-state index in [1.165, 1.54) is 0 Å². The fourth-order valence-electron chi connectivity index (χ4n) is 1.12. The van der Waals surface area contributed by atoms with E-state index in [2.05, 4.69) is 15.2 Å². The molecular weight excluding hydrogens is 188 g/mol. The van der Waals surface area contributed by atoms with Crippen molar-refractivity contribution >= 4 is 28.3 Å². The molecule has 0 fully saturated rings. The van der Waals surface area contributed by atoms with Crippen LogP contribution in [0.25, 0.3) is 15.9 Å². The molecule has 0 amide bonds. The lowest BCUT2D eigenvalue weighted by molar-refractivity contribution is 0.717. The van der Waals surface area contributed by atoms with Gasteiger partial charge in [-0.2, -0.15) is 0 Å². The number of benzene rings is 1. The summed E-state index contributed by atoms with van der Waals surface area (Å²) in [6.07, 6.45) is 0. The number of halogens is 1. The molecular formula is C8H5ClN4. The van der Waals surface area contributed by atoms with E-state index in [9.17, 15) is 0 Å². The summed E-state index contributed by atoms with van der Waals surface area (Å²) in [4.78, 5) is 3.30. The molecule has 0 bridgehead atoms. The molecule has 0 N–H and O–H groups in total. The van der Waals surface area contributed by atoms with E-state index in [4.69, 9.17) is 18.2 Å². The Hall–Kier alpha value is -1.60. The number of hydrogen-bond donors (Lipinski definition) is 0. The Kier molecular flexibility index (Phi) is 1.87. The Balaban J connectivity index is 2.70. The molecule has 4 nitrogen and oxygen atoms in total. The first-order valence-electron chi connectivity index (χ1n) is 3.62. The standard InChI is InChI=1S/C8H5ClN4/c1-10-6-2-3-8-7(4-6)11-12-13(8)5-9/h2-4H,5H2. The van der Waals surface area contributed by atoms with Gasteiger partial charge < -0.3 is 0 Å². The van der Waals surface area contributed by atoms with E-state index in [-0.39, 0.29) is 6.00 Å². The summed E-state index contributed by atoms with van der Waals surface area (Å²) in [5, 5.41) is 7.70. The van der Waals surface area contributed by atoms with Gasteiger partial charge in [0, 0.05) is 0 Å². The first-order chi connectivity index (χ1) is 6.35. The van der Waals surface area contributed by atoms with Crippen LogP contribution in [0.1, 0.15) is 0 Å². The lowest BCUT2D eigenvalue weighted by Crippen LogP contribution is -1.93.